The van der Waals surface area contributed by atoms with Crippen molar-refractivity contribution in [1.82, 2.24) is 9.78 Å². The summed E-state index contributed by atoms with van der Waals surface area (Å²) in [5, 5.41) is 4.07. The molecule has 2 N–H and O–H groups in total. The number of ketones is 1. The molecule has 1 fully saturated rings. The highest BCUT2D eigenvalue weighted by molar-refractivity contribution is 9.10. The monoisotopic (exact) mass is 285 g/mol. The summed E-state index contributed by atoms with van der Waals surface area (Å²) in [6.45, 7) is 0. The van der Waals surface area contributed by atoms with E-state index in [4.69, 9.17) is 5.73 Å². The Balaban J connectivity index is 2.24. The highest BCUT2D eigenvalue weighted by Gasteiger charge is 2.31. The van der Waals surface area contributed by atoms with Gasteiger partial charge in [0, 0.05) is 19.0 Å². The summed E-state index contributed by atoms with van der Waals surface area (Å²) < 4.78 is 2.38. The second-order valence-electron chi connectivity index (χ2n) is 4.38. The summed E-state index contributed by atoms with van der Waals surface area (Å²) in [7, 11) is 1.78. The van der Waals surface area contributed by atoms with Gasteiger partial charge >= 0.3 is 0 Å². The number of Topliss-reactive ketones (excluding diaryl/α,β-unsaturated/α-hetero) is 1. The van der Waals surface area contributed by atoms with Crippen LogP contribution in [0.1, 0.15) is 36.2 Å². The molecule has 0 aliphatic heterocycles. The fourth-order valence-corrected chi connectivity index (χ4v) is 2.89. The minimum Gasteiger partial charge on any atom is -0.327 e. The molecule has 16 heavy (non-hydrogen) atoms. The molecule has 2 rings (SSSR count). The maximum absolute atomic E-state index is 12.3. The molecule has 88 valence electrons. The Morgan fingerprint density at radius 2 is 2.25 bits per heavy atom. The maximum atomic E-state index is 12.3. The van der Waals surface area contributed by atoms with Crippen molar-refractivity contribution in [1.29, 1.82) is 0 Å². The lowest BCUT2D eigenvalue weighted by Crippen LogP contribution is -2.38. The molecule has 1 aliphatic rings. The number of nitrogens with two attached hydrogens (primary N) is 1. The minimum absolute atomic E-state index is 0.00282. The molecule has 1 saturated carbocycles. The number of rotatable bonds is 2. The second-order valence-corrected chi connectivity index (χ2v) is 5.24. The largest absolute Gasteiger partial charge is 0.327 e. The van der Waals surface area contributed by atoms with Gasteiger partial charge in [-0.15, -0.1) is 0 Å². The Hall–Kier alpha value is -0.680. The van der Waals surface area contributed by atoms with Crippen molar-refractivity contribution < 1.29 is 4.79 Å². The Bertz CT molecular complexity index is 382. The summed E-state index contributed by atoms with van der Waals surface area (Å²) in [6, 6.07) is 0.00282. The van der Waals surface area contributed by atoms with E-state index >= 15 is 0 Å². The van der Waals surface area contributed by atoms with Crippen LogP contribution in [0.2, 0.25) is 0 Å². The zero-order valence-electron chi connectivity index (χ0n) is 9.32. The van der Waals surface area contributed by atoms with Crippen LogP contribution in [-0.4, -0.2) is 21.6 Å². The lowest BCUT2D eigenvalue weighted by molar-refractivity contribution is 0.0860. The van der Waals surface area contributed by atoms with Gasteiger partial charge in [0.15, 0.2) is 5.78 Å². The van der Waals surface area contributed by atoms with Gasteiger partial charge in [-0.2, -0.15) is 5.10 Å². The van der Waals surface area contributed by atoms with E-state index in [1.807, 2.05) is 0 Å². The third kappa shape index (κ3) is 2.06. The van der Waals surface area contributed by atoms with Gasteiger partial charge in [0.1, 0.15) is 5.69 Å². The lowest BCUT2D eigenvalue weighted by Gasteiger charge is -2.27. The van der Waals surface area contributed by atoms with Crippen LogP contribution in [0.5, 0.6) is 0 Å². The van der Waals surface area contributed by atoms with Gasteiger partial charge < -0.3 is 5.73 Å². The van der Waals surface area contributed by atoms with E-state index in [9.17, 15) is 4.79 Å². The van der Waals surface area contributed by atoms with Crippen molar-refractivity contribution in [3.8, 4) is 0 Å². The minimum atomic E-state index is -0.0413. The van der Waals surface area contributed by atoms with Crippen molar-refractivity contribution in [3.05, 3.63) is 16.4 Å². The van der Waals surface area contributed by atoms with Crippen molar-refractivity contribution in [3.63, 3.8) is 0 Å². The number of aromatic nitrogens is 2. The Kier molecular flexibility index (Phi) is 3.44. The number of hydrogen-bond donors (Lipinski definition) is 1. The number of nitrogens with zero attached hydrogens (tertiary/aromatic N) is 2. The summed E-state index contributed by atoms with van der Waals surface area (Å²) in [5.41, 5.74) is 6.66. The van der Waals surface area contributed by atoms with Crippen molar-refractivity contribution >= 4 is 21.7 Å². The molecule has 1 aliphatic carbocycles. The first kappa shape index (κ1) is 11.8. The highest BCUT2D eigenvalue weighted by atomic mass is 79.9. The van der Waals surface area contributed by atoms with Crippen LogP contribution in [0.4, 0.5) is 0 Å². The molecular formula is C11H16BrN3O. The molecule has 2 unspecified atom stereocenters. The van der Waals surface area contributed by atoms with E-state index in [0.29, 0.717) is 5.69 Å². The predicted molar refractivity (Wildman–Crippen MR) is 65.2 cm³/mol. The SMILES string of the molecule is Cn1ncc(Br)c1C(=O)C1CCCCC1N. The lowest BCUT2D eigenvalue weighted by atomic mass is 9.81. The molecule has 0 spiro atoms. The number of halogens is 1. The van der Waals surface area contributed by atoms with Crippen molar-refractivity contribution in [2.45, 2.75) is 31.7 Å². The van der Waals surface area contributed by atoms with Crippen LogP contribution in [0.15, 0.2) is 10.7 Å². The zero-order valence-corrected chi connectivity index (χ0v) is 10.9. The molecule has 0 amide bonds. The second kappa shape index (κ2) is 4.67. The number of hydrogen-bond acceptors (Lipinski definition) is 3. The Morgan fingerprint density at radius 3 is 2.81 bits per heavy atom. The quantitative estimate of drug-likeness (QED) is 0.844. The number of carbonyl (C=O) groups is 1. The molecule has 0 aromatic carbocycles. The summed E-state index contributed by atoms with van der Waals surface area (Å²) in [6.07, 6.45) is 5.74. The fraction of sp³-hybridized carbons (Fsp3) is 0.636. The normalized spacial score (nSPS) is 25.7. The standard InChI is InChI=1S/C11H16BrN3O/c1-15-10(8(12)6-14-15)11(16)7-4-2-3-5-9(7)13/h6-7,9H,2-5,13H2,1H3. The molecule has 1 heterocycles. The predicted octanol–water partition coefficient (Wildman–Crippen LogP) is 1.88. The van der Waals surface area contributed by atoms with Gasteiger partial charge in [0.05, 0.1) is 10.7 Å². The molecule has 1 aromatic rings. The van der Waals surface area contributed by atoms with Crippen molar-refractivity contribution in [2.75, 3.05) is 0 Å². The van der Waals surface area contributed by atoms with Gasteiger partial charge in [-0.3, -0.25) is 9.48 Å². The summed E-state index contributed by atoms with van der Waals surface area (Å²) in [4.78, 5) is 12.3. The molecular weight excluding hydrogens is 270 g/mol. The first-order valence-electron chi connectivity index (χ1n) is 5.58. The van der Waals surface area contributed by atoms with Gasteiger partial charge in [-0.1, -0.05) is 12.8 Å². The molecule has 1 aromatic heterocycles. The van der Waals surface area contributed by atoms with Crippen LogP contribution in [-0.2, 0) is 7.05 Å². The fourth-order valence-electron chi connectivity index (χ4n) is 2.35. The zero-order chi connectivity index (χ0) is 11.7. The van der Waals surface area contributed by atoms with Gasteiger partial charge in [-0.05, 0) is 28.8 Å². The van der Waals surface area contributed by atoms with E-state index in [1.54, 1.807) is 17.9 Å². The summed E-state index contributed by atoms with van der Waals surface area (Å²) >= 11 is 3.36. The molecule has 0 saturated heterocycles. The third-order valence-electron chi connectivity index (χ3n) is 3.28. The average molecular weight is 286 g/mol. The summed E-state index contributed by atoms with van der Waals surface area (Å²) in [5.74, 6) is 0.0829. The highest BCUT2D eigenvalue weighted by Crippen LogP contribution is 2.28. The molecule has 0 bridgehead atoms. The third-order valence-corrected chi connectivity index (χ3v) is 3.86. The number of carbonyl (C=O) groups excluding carboxylic acids is 1. The van der Waals surface area contributed by atoms with E-state index in [0.717, 1.165) is 30.2 Å². The topological polar surface area (TPSA) is 60.9 Å². The van der Waals surface area contributed by atoms with Gasteiger partial charge in [0.2, 0.25) is 0 Å². The Labute approximate surface area is 103 Å². The van der Waals surface area contributed by atoms with Crippen LogP contribution in [0.3, 0.4) is 0 Å². The maximum Gasteiger partial charge on any atom is 0.186 e. The molecule has 5 heteroatoms. The molecule has 2 atom stereocenters. The number of aryl methyl sites for hydroxylation is 1. The molecule has 4 nitrogen and oxygen atoms in total. The van der Waals surface area contributed by atoms with Crippen LogP contribution < -0.4 is 5.73 Å². The first-order chi connectivity index (χ1) is 7.61. The van der Waals surface area contributed by atoms with Gasteiger partial charge in [-0.25, -0.2) is 0 Å². The van der Waals surface area contributed by atoms with E-state index in [-0.39, 0.29) is 17.7 Å². The van der Waals surface area contributed by atoms with E-state index in [1.165, 1.54) is 0 Å². The molecule has 0 radical (unpaired) electrons. The van der Waals surface area contributed by atoms with Gasteiger partial charge in [0.25, 0.3) is 0 Å². The van der Waals surface area contributed by atoms with E-state index in [2.05, 4.69) is 21.0 Å². The van der Waals surface area contributed by atoms with Crippen LogP contribution in [0, 0.1) is 5.92 Å². The van der Waals surface area contributed by atoms with Crippen LogP contribution in [0.25, 0.3) is 0 Å². The van der Waals surface area contributed by atoms with E-state index < -0.39 is 0 Å². The van der Waals surface area contributed by atoms with Crippen LogP contribution >= 0.6 is 15.9 Å². The smallest absolute Gasteiger partial charge is 0.186 e. The van der Waals surface area contributed by atoms with Crippen molar-refractivity contribution in [2.24, 2.45) is 18.7 Å². The Morgan fingerprint density at radius 1 is 1.56 bits per heavy atom. The average Bonchev–Trinajstić information content (AvgIpc) is 2.58. The first-order valence-corrected chi connectivity index (χ1v) is 6.38.